The van der Waals surface area contributed by atoms with E-state index in [9.17, 15) is 0 Å². The Balaban J connectivity index is 2.53. The topological polar surface area (TPSA) is 98.3 Å². The number of anilines is 3. The summed E-state index contributed by atoms with van der Waals surface area (Å²) < 4.78 is 0. The molecule has 0 aliphatic carbocycles. The molecule has 0 saturated heterocycles. The number of hydrogen-bond acceptors (Lipinski definition) is 4. The number of nitrogen functional groups attached to an aromatic ring is 3. The Kier molecular flexibility index (Phi) is 3.39. The normalized spacial score (nSPS) is 10.5. The van der Waals surface area contributed by atoms with E-state index in [4.69, 9.17) is 22.3 Å². The first kappa shape index (κ1) is 12.3. The molecule has 0 unspecified atom stereocenters. The zero-order valence-electron chi connectivity index (χ0n) is 10.1. The Morgan fingerprint density at radius 2 is 1.61 bits per heavy atom. The molecular formula is C14H17N3O. The van der Waals surface area contributed by atoms with Gasteiger partial charge in [-0.2, -0.15) is 0 Å². The van der Waals surface area contributed by atoms with Crippen LogP contribution in [0.2, 0.25) is 0 Å². The van der Waals surface area contributed by atoms with Gasteiger partial charge in [0, 0.05) is 29.2 Å². The van der Waals surface area contributed by atoms with E-state index < -0.39 is 0 Å². The van der Waals surface area contributed by atoms with Crippen molar-refractivity contribution >= 4 is 17.1 Å². The van der Waals surface area contributed by atoms with Crippen LogP contribution in [0.1, 0.15) is 5.56 Å². The van der Waals surface area contributed by atoms with Crippen LogP contribution in [0.25, 0.3) is 11.1 Å². The third-order valence-corrected chi connectivity index (χ3v) is 2.87. The van der Waals surface area contributed by atoms with Gasteiger partial charge in [-0.1, -0.05) is 18.2 Å². The average molecular weight is 243 g/mol. The molecule has 0 fully saturated rings. The van der Waals surface area contributed by atoms with Crippen LogP contribution in [-0.4, -0.2) is 11.7 Å². The molecule has 0 aliphatic rings. The van der Waals surface area contributed by atoms with Crippen molar-refractivity contribution in [1.82, 2.24) is 0 Å². The summed E-state index contributed by atoms with van der Waals surface area (Å²) >= 11 is 0. The molecule has 0 bridgehead atoms. The lowest BCUT2D eigenvalue weighted by Gasteiger charge is -2.11. The summed E-state index contributed by atoms with van der Waals surface area (Å²) in [6, 6.07) is 11.1. The summed E-state index contributed by atoms with van der Waals surface area (Å²) in [6.07, 6.45) is 0.539. The molecule has 4 heteroatoms. The van der Waals surface area contributed by atoms with Crippen molar-refractivity contribution in [2.24, 2.45) is 0 Å². The van der Waals surface area contributed by atoms with E-state index in [0.717, 1.165) is 16.7 Å². The van der Waals surface area contributed by atoms with Crippen molar-refractivity contribution in [1.29, 1.82) is 0 Å². The zero-order valence-corrected chi connectivity index (χ0v) is 10.1. The van der Waals surface area contributed by atoms with Gasteiger partial charge in [-0.3, -0.25) is 0 Å². The fourth-order valence-electron chi connectivity index (χ4n) is 2.04. The maximum absolute atomic E-state index is 9.00. The smallest absolute Gasteiger partial charge is 0.0472 e. The van der Waals surface area contributed by atoms with E-state index in [1.807, 2.05) is 30.3 Å². The standard InChI is InChI=1S/C14H17N3O/c15-11-6-10(7-12(16)8-11)13-3-1-2-9(4-5-18)14(13)17/h1-3,6-8,18H,4-5,15-17H2. The van der Waals surface area contributed by atoms with Crippen molar-refractivity contribution in [3.05, 3.63) is 42.0 Å². The number of para-hydroxylation sites is 1. The molecule has 18 heavy (non-hydrogen) atoms. The summed E-state index contributed by atoms with van der Waals surface area (Å²) in [7, 11) is 0. The van der Waals surface area contributed by atoms with E-state index in [0.29, 0.717) is 23.5 Å². The van der Waals surface area contributed by atoms with Crippen LogP contribution in [-0.2, 0) is 6.42 Å². The van der Waals surface area contributed by atoms with E-state index in [-0.39, 0.29) is 6.61 Å². The highest BCUT2D eigenvalue weighted by Crippen LogP contribution is 2.31. The molecule has 0 spiro atoms. The molecule has 2 aromatic rings. The first-order valence-corrected chi connectivity index (χ1v) is 5.76. The summed E-state index contributed by atoms with van der Waals surface area (Å²) in [6.45, 7) is 0.0761. The molecule has 0 saturated carbocycles. The van der Waals surface area contributed by atoms with Crippen molar-refractivity contribution < 1.29 is 5.11 Å². The monoisotopic (exact) mass is 243 g/mol. The Morgan fingerprint density at radius 3 is 2.22 bits per heavy atom. The number of aliphatic hydroxyl groups is 1. The van der Waals surface area contributed by atoms with Gasteiger partial charge in [-0.05, 0) is 35.7 Å². The number of rotatable bonds is 3. The van der Waals surface area contributed by atoms with Crippen LogP contribution in [0.4, 0.5) is 17.1 Å². The minimum atomic E-state index is 0.0761. The van der Waals surface area contributed by atoms with Gasteiger partial charge in [0.1, 0.15) is 0 Å². The number of hydrogen-bond donors (Lipinski definition) is 4. The molecule has 7 N–H and O–H groups in total. The second kappa shape index (κ2) is 4.98. The Labute approximate surface area is 106 Å². The summed E-state index contributed by atoms with van der Waals surface area (Å²) in [5, 5.41) is 9.00. The molecule has 0 heterocycles. The first-order valence-electron chi connectivity index (χ1n) is 5.76. The third-order valence-electron chi connectivity index (χ3n) is 2.87. The van der Waals surface area contributed by atoms with E-state index >= 15 is 0 Å². The van der Waals surface area contributed by atoms with Gasteiger partial charge < -0.3 is 22.3 Å². The molecule has 0 radical (unpaired) electrons. The van der Waals surface area contributed by atoms with Crippen LogP contribution in [0.5, 0.6) is 0 Å². The fraction of sp³-hybridized carbons (Fsp3) is 0.143. The van der Waals surface area contributed by atoms with Crippen LogP contribution in [0.15, 0.2) is 36.4 Å². The molecule has 2 aromatic carbocycles. The molecule has 94 valence electrons. The van der Waals surface area contributed by atoms with Gasteiger partial charge >= 0.3 is 0 Å². The Bertz CT molecular complexity index is 547. The van der Waals surface area contributed by atoms with E-state index in [1.165, 1.54) is 0 Å². The van der Waals surface area contributed by atoms with Crippen molar-refractivity contribution in [3.8, 4) is 11.1 Å². The fourth-order valence-corrected chi connectivity index (χ4v) is 2.04. The zero-order chi connectivity index (χ0) is 13.1. The van der Waals surface area contributed by atoms with Gasteiger partial charge in [-0.25, -0.2) is 0 Å². The van der Waals surface area contributed by atoms with Gasteiger partial charge in [-0.15, -0.1) is 0 Å². The Hall–Kier alpha value is -2.20. The Morgan fingerprint density at radius 1 is 0.944 bits per heavy atom. The minimum Gasteiger partial charge on any atom is -0.399 e. The lowest BCUT2D eigenvalue weighted by atomic mass is 9.98. The summed E-state index contributed by atoms with van der Waals surface area (Å²) in [4.78, 5) is 0. The largest absolute Gasteiger partial charge is 0.399 e. The second-order valence-electron chi connectivity index (χ2n) is 4.24. The number of aliphatic hydroxyl groups excluding tert-OH is 1. The average Bonchev–Trinajstić information content (AvgIpc) is 2.31. The quantitative estimate of drug-likeness (QED) is 0.616. The maximum Gasteiger partial charge on any atom is 0.0472 e. The SMILES string of the molecule is Nc1cc(N)cc(-c2cccc(CCO)c2N)c1. The first-order chi connectivity index (χ1) is 8.61. The van der Waals surface area contributed by atoms with Gasteiger partial charge in [0.25, 0.3) is 0 Å². The molecule has 2 rings (SSSR count). The molecule has 0 aliphatic heterocycles. The molecule has 0 amide bonds. The maximum atomic E-state index is 9.00. The van der Waals surface area contributed by atoms with Crippen LogP contribution >= 0.6 is 0 Å². The number of nitrogens with two attached hydrogens (primary N) is 3. The lowest BCUT2D eigenvalue weighted by molar-refractivity contribution is 0.300. The van der Waals surface area contributed by atoms with Crippen molar-refractivity contribution in [2.75, 3.05) is 23.8 Å². The third kappa shape index (κ3) is 2.38. The van der Waals surface area contributed by atoms with Crippen LogP contribution < -0.4 is 17.2 Å². The van der Waals surface area contributed by atoms with E-state index in [2.05, 4.69) is 0 Å². The van der Waals surface area contributed by atoms with E-state index in [1.54, 1.807) is 6.07 Å². The predicted molar refractivity (Wildman–Crippen MR) is 75.9 cm³/mol. The van der Waals surface area contributed by atoms with Crippen molar-refractivity contribution in [2.45, 2.75) is 6.42 Å². The van der Waals surface area contributed by atoms with Gasteiger partial charge in [0.15, 0.2) is 0 Å². The molecule has 0 aromatic heterocycles. The highest BCUT2D eigenvalue weighted by atomic mass is 16.2. The molecule has 0 atom stereocenters. The summed E-state index contributed by atoms with van der Waals surface area (Å²) in [5.74, 6) is 0. The highest BCUT2D eigenvalue weighted by molar-refractivity contribution is 5.82. The van der Waals surface area contributed by atoms with Crippen LogP contribution in [0, 0.1) is 0 Å². The van der Waals surface area contributed by atoms with Gasteiger partial charge in [0.2, 0.25) is 0 Å². The second-order valence-corrected chi connectivity index (χ2v) is 4.24. The minimum absolute atomic E-state index is 0.0761. The molecular weight excluding hydrogens is 226 g/mol. The number of benzene rings is 2. The molecule has 4 nitrogen and oxygen atoms in total. The summed E-state index contributed by atoms with van der Waals surface area (Å²) in [5.41, 5.74) is 22.3. The van der Waals surface area contributed by atoms with Crippen molar-refractivity contribution in [3.63, 3.8) is 0 Å². The predicted octanol–water partition coefficient (Wildman–Crippen LogP) is 1.64. The highest BCUT2D eigenvalue weighted by Gasteiger charge is 2.07. The van der Waals surface area contributed by atoms with Crippen LogP contribution in [0.3, 0.4) is 0 Å². The lowest BCUT2D eigenvalue weighted by Crippen LogP contribution is -2.00. The van der Waals surface area contributed by atoms with Gasteiger partial charge in [0.05, 0.1) is 0 Å².